The second-order valence-corrected chi connectivity index (χ2v) is 2.47. The lowest BCUT2D eigenvalue weighted by atomic mass is 10.5. The van der Waals surface area contributed by atoms with Crippen LogP contribution in [0.4, 0.5) is 0 Å². The Morgan fingerprint density at radius 1 is 1.07 bits per heavy atom. The zero-order chi connectivity index (χ0) is 10.9. The minimum Gasteiger partial charge on any atom is -0.359 e. The lowest BCUT2D eigenvalue weighted by Crippen LogP contribution is -1.87. The molecule has 0 spiro atoms. The molecule has 0 bridgehead atoms. The summed E-state index contributed by atoms with van der Waals surface area (Å²) in [7, 11) is 0. The molecule has 0 fully saturated rings. The zero-order valence-electron chi connectivity index (χ0n) is 7.83. The third-order valence-corrected chi connectivity index (χ3v) is 1.44. The fraction of sp³-hybridized carbons (Fsp3) is 0. The van der Waals surface area contributed by atoms with Crippen molar-refractivity contribution in [3.63, 3.8) is 0 Å². The van der Waals surface area contributed by atoms with Gasteiger partial charge in [-0.3, -0.25) is 9.59 Å². The van der Waals surface area contributed by atoms with Crippen LogP contribution in [0.2, 0.25) is 0 Å². The second-order valence-electron chi connectivity index (χ2n) is 2.47. The van der Waals surface area contributed by atoms with Crippen LogP contribution in [0.3, 0.4) is 0 Å². The molecule has 15 heavy (non-hydrogen) atoms. The van der Waals surface area contributed by atoms with Crippen molar-refractivity contribution in [1.82, 2.24) is 15.0 Å². The topological polar surface area (TPSA) is 75.7 Å². The standard InChI is InChI=1S/C5H4N2O.C5H5NO/c8-4-5-6-2-1-3-7-5;7-4-5-2-1-3-6-5/h1-4H;1-4,6H. The first-order valence-corrected chi connectivity index (χ1v) is 4.17. The molecule has 5 nitrogen and oxygen atoms in total. The summed E-state index contributed by atoms with van der Waals surface area (Å²) in [6, 6.07) is 5.16. The summed E-state index contributed by atoms with van der Waals surface area (Å²) in [5, 5.41) is 0. The summed E-state index contributed by atoms with van der Waals surface area (Å²) in [6.45, 7) is 0. The van der Waals surface area contributed by atoms with Crippen molar-refractivity contribution in [3.8, 4) is 0 Å². The maximum Gasteiger partial charge on any atom is 0.192 e. The first kappa shape index (κ1) is 10.8. The summed E-state index contributed by atoms with van der Waals surface area (Å²) in [4.78, 5) is 29.7. The Morgan fingerprint density at radius 3 is 2.13 bits per heavy atom. The minimum absolute atomic E-state index is 0.229. The molecule has 0 radical (unpaired) electrons. The number of hydrogen-bond acceptors (Lipinski definition) is 4. The van der Waals surface area contributed by atoms with Crippen molar-refractivity contribution in [1.29, 1.82) is 0 Å². The van der Waals surface area contributed by atoms with Crippen LogP contribution in [-0.4, -0.2) is 27.5 Å². The van der Waals surface area contributed by atoms with Crippen molar-refractivity contribution in [3.05, 3.63) is 48.3 Å². The van der Waals surface area contributed by atoms with E-state index in [0.717, 1.165) is 6.29 Å². The van der Waals surface area contributed by atoms with E-state index in [2.05, 4.69) is 15.0 Å². The van der Waals surface area contributed by atoms with Crippen molar-refractivity contribution in [2.75, 3.05) is 0 Å². The zero-order valence-corrected chi connectivity index (χ0v) is 7.83. The van der Waals surface area contributed by atoms with E-state index in [-0.39, 0.29) is 5.82 Å². The number of carbonyl (C=O) groups excluding carboxylic acids is 2. The van der Waals surface area contributed by atoms with Crippen LogP contribution in [0.1, 0.15) is 21.1 Å². The molecular formula is C10H9N3O2. The number of H-pyrrole nitrogens is 1. The summed E-state index contributed by atoms with van der Waals surface area (Å²) in [6.07, 6.45) is 6.15. The van der Waals surface area contributed by atoms with Crippen LogP contribution in [-0.2, 0) is 0 Å². The number of aldehydes is 2. The SMILES string of the molecule is O=Cc1ccc[nH]1.O=Cc1ncccn1. The molecule has 0 aliphatic carbocycles. The van der Waals surface area contributed by atoms with Crippen LogP contribution in [0, 0.1) is 0 Å². The van der Waals surface area contributed by atoms with Gasteiger partial charge in [0.1, 0.15) is 0 Å². The molecular weight excluding hydrogens is 194 g/mol. The van der Waals surface area contributed by atoms with E-state index >= 15 is 0 Å². The van der Waals surface area contributed by atoms with Gasteiger partial charge in [0.2, 0.25) is 0 Å². The Morgan fingerprint density at radius 2 is 1.80 bits per heavy atom. The summed E-state index contributed by atoms with van der Waals surface area (Å²) in [5.41, 5.74) is 0.625. The smallest absolute Gasteiger partial charge is 0.192 e. The Balaban J connectivity index is 0.000000151. The Kier molecular flexibility index (Phi) is 4.45. The summed E-state index contributed by atoms with van der Waals surface area (Å²) >= 11 is 0. The van der Waals surface area contributed by atoms with Gasteiger partial charge < -0.3 is 4.98 Å². The summed E-state index contributed by atoms with van der Waals surface area (Å²) in [5.74, 6) is 0.229. The van der Waals surface area contributed by atoms with Gasteiger partial charge in [-0.2, -0.15) is 0 Å². The fourth-order valence-corrected chi connectivity index (χ4v) is 0.789. The molecule has 5 heteroatoms. The molecule has 0 atom stereocenters. The van der Waals surface area contributed by atoms with Crippen molar-refractivity contribution in [2.45, 2.75) is 0 Å². The number of aromatic nitrogens is 3. The normalized spacial score (nSPS) is 8.53. The van der Waals surface area contributed by atoms with Gasteiger partial charge in [-0.05, 0) is 18.2 Å². The molecule has 2 rings (SSSR count). The van der Waals surface area contributed by atoms with E-state index in [1.54, 1.807) is 24.4 Å². The molecule has 76 valence electrons. The van der Waals surface area contributed by atoms with Gasteiger partial charge in [-0.1, -0.05) is 0 Å². The highest BCUT2D eigenvalue weighted by Crippen LogP contribution is 1.85. The van der Waals surface area contributed by atoms with Gasteiger partial charge in [0, 0.05) is 18.6 Å². The first-order chi connectivity index (χ1) is 7.36. The average molecular weight is 203 g/mol. The lowest BCUT2D eigenvalue weighted by molar-refractivity contribution is 0.110. The molecule has 2 aromatic rings. The van der Waals surface area contributed by atoms with Crippen LogP contribution < -0.4 is 0 Å². The van der Waals surface area contributed by atoms with Gasteiger partial charge in [-0.15, -0.1) is 0 Å². The first-order valence-electron chi connectivity index (χ1n) is 4.17. The van der Waals surface area contributed by atoms with Crippen LogP contribution in [0.5, 0.6) is 0 Å². The maximum absolute atomic E-state index is 9.88. The number of aromatic amines is 1. The van der Waals surface area contributed by atoms with Crippen molar-refractivity contribution in [2.24, 2.45) is 0 Å². The quantitative estimate of drug-likeness (QED) is 0.742. The number of nitrogens with one attached hydrogen (secondary N) is 1. The van der Waals surface area contributed by atoms with Crippen LogP contribution >= 0.6 is 0 Å². The molecule has 0 amide bonds. The van der Waals surface area contributed by atoms with E-state index in [1.807, 2.05) is 0 Å². The van der Waals surface area contributed by atoms with E-state index < -0.39 is 0 Å². The average Bonchev–Trinajstić information content (AvgIpc) is 2.84. The van der Waals surface area contributed by atoms with Gasteiger partial charge in [0.15, 0.2) is 18.4 Å². The number of rotatable bonds is 2. The molecule has 0 aliphatic heterocycles. The monoisotopic (exact) mass is 203 g/mol. The Bertz CT molecular complexity index is 398. The lowest BCUT2D eigenvalue weighted by Gasteiger charge is -1.80. The van der Waals surface area contributed by atoms with E-state index in [9.17, 15) is 9.59 Å². The number of nitrogens with zero attached hydrogens (tertiary/aromatic N) is 2. The third-order valence-electron chi connectivity index (χ3n) is 1.44. The largest absolute Gasteiger partial charge is 0.359 e. The van der Waals surface area contributed by atoms with E-state index in [0.29, 0.717) is 12.0 Å². The molecule has 0 saturated heterocycles. The Hall–Kier alpha value is -2.30. The summed E-state index contributed by atoms with van der Waals surface area (Å²) < 4.78 is 0. The molecule has 0 aromatic carbocycles. The van der Waals surface area contributed by atoms with Gasteiger partial charge in [-0.25, -0.2) is 9.97 Å². The number of carbonyl (C=O) groups is 2. The van der Waals surface area contributed by atoms with Gasteiger partial charge in [0.25, 0.3) is 0 Å². The molecule has 0 aliphatic rings. The van der Waals surface area contributed by atoms with Gasteiger partial charge in [0.05, 0.1) is 5.69 Å². The molecule has 0 saturated carbocycles. The van der Waals surface area contributed by atoms with E-state index in [4.69, 9.17) is 0 Å². The van der Waals surface area contributed by atoms with Crippen molar-refractivity contribution >= 4 is 12.6 Å². The number of hydrogen-bond donors (Lipinski definition) is 1. The highest BCUT2D eigenvalue weighted by Gasteiger charge is 1.83. The predicted molar refractivity (Wildman–Crippen MR) is 53.6 cm³/mol. The van der Waals surface area contributed by atoms with Crippen molar-refractivity contribution < 1.29 is 9.59 Å². The third kappa shape index (κ3) is 3.95. The van der Waals surface area contributed by atoms with E-state index in [1.165, 1.54) is 12.4 Å². The molecule has 2 heterocycles. The molecule has 0 unspecified atom stereocenters. The molecule has 2 aromatic heterocycles. The minimum atomic E-state index is 0.229. The Labute approximate surface area is 86.2 Å². The van der Waals surface area contributed by atoms with Gasteiger partial charge >= 0.3 is 0 Å². The second kappa shape index (κ2) is 6.20. The highest BCUT2D eigenvalue weighted by atomic mass is 16.1. The maximum atomic E-state index is 9.88. The fourth-order valence-electron chi connectivity index (χ4n) is 0.789. The molecule has 1 N–H and O–H groups in total. The highest BCUT2D eigenvalue weighted by molar-refractivity contribution is 5.71. The van der Waals surface area contributed by atoms with Crippen LogP contribution in [0.15, 0.2) is 36.8 Å². The van der Waals surface area contributed by atoms with Crippen LogP contribution in [0.25, 0.3) is 0 Å². The predicted octanol–water partition coefficient (Wildman–Crippen LogP) is 1.12.